The molecule has 0 aliphatic heterocycles. The van der Waals surface area contributed by atoms with E-state index in [1.54, 1.807) is 16.8 Å². The second kappa shape index (κ2) is 4.67. The van der Waals surface area contributed by atoms with E-state index in [4.69, 9.17) is 5.26 Å². The molecule has 6 heteroatoms. The van der Waals surface area contributed by atoms with Gasteiger partial charge in [-0.25, -0.2) is 9.97 Å². The van der Waals surface area contributed by atoms with Gasteiger partial charge in [-0.3, -0.25) is 9.36 Å². The van der Waals surface area contributed by atoms with E-state index in [9.17, 15) is 4.79 Å². The summed E-state index contributed by atoms with van der Waals surface area (Å²) in [6.07, 6.45) is 6.65. The predicted octanol–water partition coefficient (Wildman–Crippen LogP) is 2.11. The Labute approximate surface area is 114 Å². The molecule has 0 spiro atoms. The number of nitriles is 1. The molecule has 0 radical (unpaired) electrons. The first-order chi connectivity index (χ1) is 9.24. The number of aromatic nitrogens is 3. The van der Waals surface area contributed by atoms with E-state index in [1.807, 2.05) is 12.3 Å². The molecule has 1 aliphatic rings. The molecule has 19 heavy (non-hydrogen) atoms. The number of fused-ring (bicyclic) bond motifs is 1. The van der Waals surface area contributed by atoms with Crippen LogP contribution in [0.4, 0.5) is 0 Å². The molecule has 1 saturated carbocycles. The lowest BCUT2D eigenvalue weighted by molar-refractivity contribution is 0.313. The van der Waals surface area contributed by atoms with Crippen molar-refractivity contribution in [2.45, 2.75) is 30.5 Å². The van der Waals surface area contributed by atoms with Crippen molar-refractivity contribution >= 4 is 22.8 Å². The highest BCUT2D eigenvalue weighted by Crippen LogP contribution is 2.32. The van der Waals surface area contributed by atoms with Crippen LogP contribution in [0.25, 0.3) is 11.0 Å². The predicted molar refractivity (Wildman–Crippen MR) is 73.2 cm³/mol. The van der Waals surface area contributed by atoms with Gasteiger partial charge in [-0.05, 0) is 31.6 Å². The second-order valence-corrected chi connectivity index (χ2v) is 5.34. The minimum atomic E-state index is -0.231. The molecule has 0 aromatic carbocycles. The average molecular weight is 272 g/mol. The van der Waals surface area contributed by atoms with Gasteiger partial charge in [0.25, 0.3) is 5.56 Å². The molecule has 3 rings (SSSR count). The van der Waals surface area contributed by atoms with Crippen molar-refractivity contribution < 1.29 is 0 Å². The maximum Gasteiger partial charge on any atom is 0.270 e. The highest BCUT2D eigenvalue weighted by Gasteiger charge is 2.24. The third-order valence-electron chi connectivity index (χ3n) is 3.49. The summed E-state index contributed by atoms with van der Waals surface area (Å²) in [6.45, 7) is 0. The monoisotopic (exact) mass is 272 g/mol. The topological polar surface area (TPSA) is 71.6 Å². The molecule has 0 saturated heterocycles. The number of rotatable bonds is 2. The molecule has 0 bridgehead atoms. The van der Waals surface area contributed by atoms with Gasteiger partial charge >= 0.3 is 0 Å². The van der Waals surface area contributed by atoms with E-state index >= 15 is 0 Å². The molecular weight excluding hydrogens is 260 g/mol. The molecular formula is C13H12N4OS. The minimum Gasteiger partial charge on any atom is -0.288 e. The van der Waals surface area contributed by atoms with E-state index in [1.165, 1.54) is 11.8 Å². The number of pyridine rings is 1. The standard InChI is InChI=1S/C13H12N4OS/c1-19-13-15-7-9-5-8(6-14)12(18)17(11(9)16-13)10-3-2-4-10/h5,7,10H,2-4H2,1H3. The smallest absolute Gasteiger partial charge is 0.270 e. The van der Waals surface area contributed by atoms with Gasteiger partial charge in [0.1, 0.15) is 17.3 Å². The van der Waals surface area contributed by atoms with Gasteiger partial charge in [-0.15, -0.1) is 0 Å². The van der Waals surface area contributed by atoms with Crippen LogP contribution in [0.3, 0.4) is 0 Å². The highest BCUT2D eigenvalue weighted by molar-refractivity contribution is 7.98. The Bertz CT molecular complexity index is 743. The summed E-state index contributed by atoms with van der Waals surface area (Å²) in [5, 5.41) is 10.5. The van der Waals surface area contributed by atoms with Crippen molar-refractivity contribution in [2.24, 2.45) is 0 Å². The lowest BCUT2D eigenvalue weighted by atomic mass is 9.92. The summed E-state index contributed by atoms with van der Waals surface area (Å²) in [5.41, 5.74) is 0.582. The van der Waals surface area contributed by atoms with Crippen LogP contribution in [-0.2, 0) is 0 Å². The Hall–Kier alpha value is -1.87. The van der Waals surface area contributed by atoms with Crippen molar-refractivity contribution in [1.82, 2.24) is 14.5 Å². The summed E-state index contributed by atoms with van der Waals surface area (Å²) in [7, 11) is 0. The van der Waals surface area contributed by atoms with Crippen LogP contribution in [-0.4, -0.2) is 20.8 Å². The quantitative estimate of drug-likeness (QED) is 0.618. The first-order valence-corrected chi connectivity index (χ1v) is 7.33. The fraction of sp³-hybridized carbons (Fsp3) is 0.385. The van der Waals surface area contributed by atoms with E-state index in [-0.39, 0.29) is 17.2 Å². The van der Waals surface area contributed by atoms with Gasteiger partial charge in [-0.2, -0.15) is 5.26 Å². The van der Waals surface area contributed by atoms with E-state index in [0.717, 1.165) is 24.6 Å². The molecule has 96 valence electrons. The van der Waals surface area contributed by atoms with Gasteiger partial charge in [0.2, 0.25) is 0 Å². The third-order valence-corrected chi connectivity index (χ3v) is 4.06. The van der Waals surface area contributed by atoms with Crippen LogP contribution in [0.2, 0.25) is 0 Å². The molecule has 2 heterocycles. The van der Waals surface area contributed by atoms with Crippen molar-refractivity contribution in [3.05, 3.63) is 28.2 Å². The van der Waals surface area contributed by atoms with Gasteiger partial charge in [0.05, 0.1) is 0 Å². The van der Waals surface area contributed by atoms with Crippen LogP contribution in [0.15, 0.2) is 22.2 Å². The molecule has 1 aliphatic carbocycles. The van der Waals surface area contributed by atoms with Crippen LogP contribution in [0.5, 0.6) is 0 Å². The van der Waals surface area contributed by atoms with E-state index in [0.29, 0.717) is 10.8 Å². The lowest BCUT2D eigenvalue weighted by Gasteiger charge is -2.28. The summed E-state index contributed by atoms with van der Waals surface area (Å²) in [5.74, 6) is 0. The van der Waals surface area contributed by atoms with E-state index in [2.05, 4.69) is 9.97 Å². The van der Waals surface area contributed by atoms with Gasteiger partial charge in [0.15, 0.2) is 5.16 Å². The van der Waals surface area contributed by atoms with Crippen LogP contribution in [0.1, 0.15) is 30.9 Å². The molecule has 2 aromatic heterocycles. The Kier molecular flexibility index (Phi) is 2.99. The molecule has 0 N–H and O–H groups in total. The molecule has 2 aromatic rings. The van der Waals surface area contributed by atoms with Crippen LogP contribution < -0.4 is 5.56 Å². The summed E-state index contributed by atoms with van der Waals surface area (Å²) in [4.78, 5) is 21.0. The second-order valence-electron chi connectivity index (χ2n) is 4.57. The van der Waals surface area contributed by atoms with Gasteiger partial charge < -0.3 is 0 Å². The van der Waals surface area contributed by atoms with Crippen molar-refractivity contribution in [3.8, 4) is 6.07 Å². The first-order valence-electron chi connectivity index (χ1n) is 6.11. The molecule has 1 fully saturated rings. The van der Waals surface area contributed by atoms with Crippen molar-refractivity contribution in [2.75, 3.05) is 6.26 Å². The number of hydrogen-bond acceptors (Lipinski definition) is 5. The summed E-state index contributed by atoms with van der Waals surface area (Å²) >= 11 is 1.44. The highest BCUT2D eigenvalue weighted by atomic mass is 32.2. The number of hydrogen-bond donors (Lipinski definition) is 0. The fourth-order valence-corrected chi connectivity index (χ4v) is 2.60. The van der Waals surface area contributed by atoms with Gasteiger partial charge in [0, 0.05) is 17.6 Å². The van der Waals surface area contributed by atoms with Crippen molar-refractivity contribution in [3.63, 3.8) is 0 Å². The first kappa shape index (κ1) is 12.2. The molecule has 0 atom stereocenters. The Morgan fingerprint density at radius 1 is 1.53 bits per heavy atom. The van der Waals surface area contributed by atoms with Crippen molar-refractivity contribution in [1.29, 1.82) is 5.26 Å². The third kappa shape index (κ3) is 1.90. The SMILES string of the molecule is CSc1ncc2cc(C#N)c(=O)n(C3CCC3)c2n1. The average Bonchev–Trinajstić information content (AvgIpc) is 2.39. The fourth-order valence-electron chi connectivity index (χ4n) is 2.27. The summed E-state index contributed by atoms with van der Waals surface area (Å²) < 4.78 is 1.68. The zero-order valence-electron chi connectivity index (χ0n) is 10.5. The van der Waals surface area contributed by atoms with Crippen LogP contribution >= 0.6 is 11.8 Å². The van der Waals surface area contributed by atoms with Gasteiger partial charge in [-0.1, -0.05) is 11.8 Å². The normalized spacial score (nSPS) is 15.2. The largest absolute Gasteiger partial charge is 0.288 e. The molecule has 0 amide bonds. The lowest BCUT2D eigenvalue weighted by Crippen LogP contribution is -2.31. The maximum atomic E-state index is 12.3. The zero-order chi connectivity index (χ0) is 13.4. The Morgan fingerprint density at radius 2 is 2.32 bits per heavy atom. The maximum absolute atomic E-state index is 12.3. The number of thioether (sulfide) groups is 1. The Balaban J connectivity index is 2.36. The minimum absolute atomic E-state index is 0.167. The number of nitrogens with zero attached hydrogens (tertiary/aromatic N) is 4. The summed E-state index contributed by atoms with van der Waals surface area (Å²) in [6, 6.07) is 3.72. The zero-order valence-corrected chi connectivity index (χ0v) is 11.3. The van der Waals surface area contributed by atoms with Crippen LogP contribution in [0, 0.1) is 11.3 Å². The molecule has 0 unspecified atom stereocenters. The Morgan fingerprint density at radius 3 is 2.89 bits per heavy atom. The van der Waals surface area contributed by atoms with E-state index < -0.39 is 0 Å². The molecule has 5 nitrogen and oxygen atoms in total.